The summed E-state index contributed by atoms with van der Waals surface area (Å²) in [5, 5.41) is 9.96. The molecule has 3 rings (SSSR count). The largest absolute Gasteiger partial charge is 0.394 e. The van der Waals surface area contributed by atoms with Gasteiger partial charge in [0.2, 0.25) is 11.8 Å². The van der Waals surface area contributed by atoms with Crippen molar-refractivity contribution in [2.45, 2.75) is 70.5 Å². The van der Waals surface area contributed by atoms with E-state index in [2.05, 4.69) is 24.3 Å². The lowest BCUT2D eigenvalue weighted by Gasteiger charge is -2.56. The second-order valence-corrected chi connectivity index (χ2v) is 8.05. The van der Waals surface area contributed by atoms with E-state index in [0.717, 1.165) is 36.8 Å². The molecule has 28 heavy (non-hydrogen) atoms. The molecule has 2 amide bonds. The fraction of sp³-hybridized carbons (Fsp3) is 0.565. The first kappa shape index (κ1) is 20.6. The molecule has 1 saturated carbocycles. The highest BCUT2D eigenvalue weighted by atomic mass is 16.3. The number of rotatable bonds is 6. The van der Waals surface area contributed by atoms with E-state index in [4.69, 9.17) is 0 Å². The van der Waals surface area contributed by atoms with E-state index in [-0.39, 0.29) is 42.5 Å². The summed E-state index contributed by atoms with van der Waals surface area (Å²) in [5.74, 6) is 0.0719. The molecule has 2 aliphatic rings. The molecular weight excluding hydrogens is 352 g/mol. The third-order valence-electron chi connectivity index (χ3n) is 6.33. The molecule has 1 aliphatic carbocycles. The first-order chi connectivity index (χ1) is 13.5. The van der Waals surface area contributed by atoms with Crippen molar-refractivity contribution < 1.29 is 14.7 Å². The number of nitrogens with zero attached hydrogens (tertiary/aromatic N) is 2. The number of hydrogen-bond acceptors (Lipinski definition) is 3. The van der Waals surface area contributed by atoms with Crippen LogP contribution in [0.2, 0.25) is 0 Å². The molecule has 0 unspecified atom stereocenters. The molecule has 0 spiro atoms. The SMILES string of the molecule is C/C=C/c1ccc([C@H]2[C@@H](CO)N(C(C)=O)[C@H]2CN(C(C)=O)C2CCCC2)cc1. The van der Waals surface area contributed by atoms with Gasteiger partial charge >= 0.3 is 0 Å². The second-order valence-electron chi connectivity index (χ2n) is 8.05. The number of aliphatic hydroxyl groups is 1. The van der Waals surface area contributed by atoms with Crippen molar-refractivity contribution in [1.29, 1.82) is 0 Å². The first-order valence-electron chi connectivity index (χ1n) is 10.4. The smallest absolute Gasteiger partial charge is 0.220 e. The maximum atomic E-state index is 12.4. The Morgan fingerprint density at radius 1 is 1.14 bits per heavy atom. The number of hydrogen-bond donors (Lipinski definition) is 1. The predicted molar refractivity (Wildman–Crippen MR) is 111 cm³/mol. The lowest BCUT2D eigenvalue weighted by atomic mass is 9.74. The molecule has 3 atom stereocenters. The maximum absolute atomic E-state index is 12.4. The molecule has 5 nitrogen and oxygen atoms in total. The average Bonchev–Trinajstić information content (AvgIpc) is 3.16. The summed E-state index contributed by atoms with van der Waals surface area (Å²) in [6, 6.07) is 8.26. The van der Waals surface area contributed by atoms with Crippen LogP contribution in [0, 0.1) is 0 Å². The van der Waals surface area contributed by atoms with Crippen LogP contribution in [0.1, 0.15) is 63.5 Å². The fourth-order valence-corrected chi connectivity index (χ4v) is 5.04. The Hall–Kier alpha value is -2.14. The zero-order chi connectivity index (χ0) is 20.3. The fourth-order valence-electron chi connectivity index (χ4n) is 5.04. The van der Waals surface area contributed by atoms with Crippen LogP contribution < -0.4 is 0 Å². The molecule has 0 radical (unpaired) electrons. The lowest BCUT2D eigenvalue weighted by Crippen LogP contribution is -2.68. The molecule has 2 fully saturated rings. The van der Waals surface area contributed by atoms with Crippen molar-refractivity contribution in [1.82, 2.24) is 9.80 Å². The van der Waals surface area contributed by atoms with E-state index in [1.807, 2.05) is 24.0 Å². The Balaban J connectivity index is 1.87. The maximum Gasteiger partial charge on any atom is 0.220 e. The normalized spacial score (nSPS) is 25.1. The van der Waals surface area contributed by atoms with Gasteiger partial charge in [-0.25, -0.2) is 0 Å². The van der Waals surface area contributed by atoms with Crippen LogP contribution in [0.15, 0.2) is 30.3 Å². The number of benzene rings is 1. The monoisotopic (exact) mass is 384 g/mol. The van der Waals surface area contributed by atoms with Gasteiger partial charge < -0.3 is 14.9 Å². The highest BCUT2D eigenvalue weighted by molar-refractivity contribution is 5.77. The van der Waals surface area contributed by atoms with Gasteiger partial charge in [0.15, 0.2) is 0 Å². The molecule has 1 saturated heterocycles. The van der Waals surface area contributed by atoms with Crippen LogP contribution >= 0.6 is 0 Å². The molecule has 1 aromatic carbocycles. The number of likely N-dealkylation sites (tertiary alicyclic amines) is 1. The first-order valence-corrected chi connectivity index (χ1v) is 10.4. The van der Waals surface area contributed by atoms with Gasteiger partial charge in [-0.3, -0.25) is 9.59 Å². The van der Waals surface area contributed by atoms with Crippen molar-refractivity contribution in [3.05, 3.63) is 41.5 Å². The number of carbonyl (C=O) groups is 2. The average molecular weight is 385 g/mol. The topological polar surface area (TPSA) is 60.9 Å². The predicted octanol–water partition coefficient (Wildman–Crippen LogP) is 3.19. The molecule has 0 aromatic heterocycles. The van der Waals surface area contributed by atoms with E-state index in [9.17, 15) is 14.7 Å². The van der Waals surface area contributed by atoms with E-state index in [1.165, 1.54) is 0 Å². The van der Waals surface area contributed by atoms with Gasteiger partial charge in [0, 0.05) is 32.4 Å². The minimum absolute atomic E-state index is 0.0387. The Kier molecular flexibility index (Phi) is 6.55. The van der Waals surface area contributed by atoms with Crippen molar-refractivity contribution >= 4 is 17.9 Å². The standard InChI is InChI=1S/C23H32N2O3/c1-4-7-18-10-12-19(13-11-18)23-21(25(17(3)28)22(23)15-26)14-24(16(2)27)20-8-5-6-9-20/h4,7,10-13,20-23,26H,5-6,8-9,14-15H2,1-3H3/b7-4+/t21-,22+,23+/m0/s1. The molecular formula is C23H32N2O3. The van der Waals surface area contributed by atoms with E-state index >= 15 is 0 Å². The third kappa shape index (κ3) is 4.00. The molecule has 5 heteroatoms. The van der Waals surface area contributed by atoms with E-state index in [1.54, 1.807) is 18.7 Å². The summed E-state index contributed by atoms with van der Waals surface area (Å²) in [4.78, 5) is 28.4. The summed E-state index contributed by atoms with van der Waals surface area (Å²) >= 11 is 0. The van der Waals surface area contributed by atoms with Crippen molar-refractivity contribution in [3.8, 4) is 0 Å². The van der Waals surface area contributed by atoms with Crippen LogP contribution in [0.4, 0.5) is 0 Å². The summed E-state index contributed by atoms with van der Waals surface area (Å²) in [6.07, 6.45) is 8.44. The Morgan fingerprint density at radius 3 is 2.29 bits per heavy atom. The molecule has 1 aromatic rings. The molecule has 152 valence electrons. The minimum Gasteiger partial charge on any atom is -0.394 e. The van der Waals surface area contributed by atoms with Crippen molar-refractivity contribution in [3.63, 3.8) is 0 Å². The lowest BCUT2D eigenvalue weighted by molar-refractivity contribution is -0.153. The molecule has 1 aliphatic heterocycles. The Morgan fingerprint density at radius 2 is 1.79 bits per heavy atom. The van der Waals surface area contributed by atoms with Crippen LogP contribution in [0.5, 0.6) is 0 Å². The van der Waals surface area contributed by atoms with Gasteiger partial charge in [0.25, 0.3) is 0 Å². The number of aliphatic hydroxyl groups excluding tert-OH is 1. The zero-order valence-electron chi connectivity index (χ0n) is 17.2. The van der Waals surface area contributed by atoms with Crippen LogP contribution in [0.25, 0.3) is 6.08 Å². The van der Waals surface area contributed by atoms with Gasteiger partial charge in [-0.2, -0.15) is 0 Å². The quantitative estimate of drug-likeness (QED) is 0.819. The summed E-state index contributed by atoms with van der Waals surface area (Å²) in [7, 11) is 0. The molecule has 0 bridgehead atoms. The number of allylic oxidation sites excluding steroid dienone is 1. The summed E-state index contributed by atoms with van der Waals surface area (Å²) in [5.41, 5.74) is 2.24. The Labute approximate surface area is 168 Å². The van der Waals surface area contributed by atoms with Crippen LogP contribution in [-0.2, 0) is 9.59 Å². The van der Waals surface area contributed by atoms with E-state index in [0.29, 0.717) is 6.54 Å². The van der Waals surface area contributed by atoms with Crippen molar-refractivity contribution in [2.24, 2.45) is 0 Å². The zero-order valence-corrected chi connectivity index (χ0v) is 17.2. The summed E-state index contributed by atoms with van der Waals surface area (Å²) in [6.45, 7) is 5.63. The number of carbonyl (C=O) groups excluding carboxylic acids is 2. The Bertz CT molecular complexity index is 722. The van der Waals surface area contributed by atoms with Gasteiger partial charge in [-0.1, -0.05) is 49.3 Å². The summed E-state index contributed by atoms with van der Waals surface area (Å²) < 4.78 is 0. The highest BCUT2D eigenvalue weighted by Crippen LogP contribution is 2.42. The minimum atomic E-state index is -0.229. The van der Waals surface area contributed by atoms with Gasteiger partial charge in [-0.15, -0.1) is 0 Å². The van der Waals surface area contributed by atoms with Crippen molar-refractivity contribution in [2.75, 3.05) is 13.2 Å². The number of amides is 2. The third-order valence-corrected chi connectivity index (χ3v) is 6.33. The van der Waals surface area contributed by atoms with Gasteiger partial charge in [0.05, 0.1) is 18.7 Å². The second kappa shape index (κ2) is 8.91. The van der Waals surface area contributed by atoms with E-state index < -0.39 is 0 Å². The van der Waals surface area contributed by atoms with Gasteiger partial charge in [0.1, 0.15) is 0 Å². The van der Waals surface area contributed by atoms with Crippen LogP contribution in [-0.4, -0.2) is 58.0 Å². The van der Waals surface area contributed by atoms with Gasteiger partial charge in [-0.05, 0) is 30.9 Å². The molecule has 1 heterocycles. The van der Waals surface area contributed by atoms with Crippen LogP contribution in [0.3, 0.4) is 0 Å². The molecule has 1 N–H and O–H groups in total. The highest BCUT2D eigenvalue weighted by Gasteiger charge is 2.51.